The number of rotatable bonds is 5. The molecule has 0 aliphatic carbocycles. The largest absolute Gasteiger partial charge is 0.478 e. The van der Waals surface area contributed by atoms with Gasteiger partial charge in [0.1, 0.15) is 0 Å². The van der Waals surface area contributed by atoms with E-state index >= 15 is 0 Å². The van der Waals surface area contributed by atoms with E-state index in [0.29, 0.717) is 11.1 Å². The minimum Gasteiger partial charge on any atom is -0.478 e. The number of carbonyl (C=O) groups is 2. The molecule has 2 aromatic rings. The Morgan fingerprint density at radius 2 is 1.70 bits per heavy atom. The molecule has 0 fully saturated rings. The summed E-state index contributed by atoms with van der Waals surface area (Å²) in [4.78, 5) is 32.8. The maximum atomic E-state index is 12.0. The minimum atomic E-state index is -1.09. The van der Waals surface area contributed by atoms with Crippen LogP contribution in [-0.2, 0) is 0 Å². The van der Waals surface area contributed by atoms with E-state index in [0.717, 1.165) is 0 Å². The van der Waals surface area contributed by atoms with Gasteiger partial charge in [0.05, 0.1) is 10.5 Å². The molecule has 7 heteroatoms. The third kappa shape index (κ3) is 4.02. The molecule has 0 aliphatic rings. The van der Waals surface area contributed by atoms with Gasteiger partial charge >= 0.3 is 5.97 Å². The van der Waals surface area contributed by atoms with Crippen LogP contribution in [0.4, 0.5) is 5.69 Å². The predicted octanol–water partition coefficient (Wildman–Crippen LogP) is 3.84. The first-order valence-corrected chi connectivity index (χ1v) is 6.76. The lowest BCUT2D eigenvalue weighted by Crippen LogP contribution is -1.97. The van der Waals surface area contributed by atoms with Crippen LogP contribution in [0.1, 0.15) is 26.3 Å². The van der Waals surface area contributed by atoms with Crippen molar-refractivity contribution in [2.45, 2.75) is 0 Å². The van der Waals surface area contributed by atoms with Crippen LogP contribution in [0.2, 0.25) is 5.02 Å². The molecule has 6 nitrogen and oxygen atoms in total. The van der Waals surface area contributed by atoms with Crippen LogP contribution in [0, 0.1) is 10.1 Å². The van der Waals surface area contributed by atoms with Gasteiger partial charge in [-0.05, 0) is 42.0 Å². The molecule has 0 saturated carbocycles. The Kier molecular flexibility index (Phi) is 4.88. The molecule has 116 valence electrons. The molecule has 2 aromatic carbocycles. The molecule has 0 unspecified atom stereocenters. The molecule has 0 aromatic heterocycles. The van der Waals surface area contributed by atoms with Crippen LogP contribution in [0.5, 0.6) is 0 Å². The third-order valence-corrected chi connectivity index (χ3v) is 3.35. The van der Waals surface area contributed by atoms with Crippen molar-refractivity contribution in [1.29, 1.82) is 0 Å². The minimum absolute atomic E-state index is 0.0499. The summed E-state index contributed by atoms with van der Waals surface area (Å²) < 4.78 is 0. The SMILES string of the molecule is O=C(O)c1ccc(/C=C/C(=O)c2ccc([N+](=O)[O-])cc2)c(Cl)c1. The van der Waals surface area contributed by atoms with Gasteiger partial charge in [0.25, 0.3) is 5.69 Å². The number of carboxylic acids is 1. The summed E-state index contributed by atoms with van der Waals surface area (Å²) in [6.45, 7) is 0. The second kappa shape index (κ2) is 6.85. The van der Waals surface area contributed by atoms with Gasteiger partial charge in [-0.1, -0.05) is 17.7 Å². The first-order chi connectivity index (χ1) is 10.9. The summed E-state index contributed by atoms with van der Waals surface area (Å²) in [7, 11) is 0. The van der Waals surface area contributed by atoms with E-state index in [1.165, 1.54) is 54.6 Å². The number of non-ortho nitro benzene ring substituents is 1. The number of nitrogens with zero attached hydrogens (tertiary/aromatic N) is 1. The number of hydrogen-bond donors (Lipinski definition) is 1. The molecule has 0 bridgehead atoms. The van der Waals surface area contributed by atoms with Crippen molar-refractivity contribution in [3.63, 3.8) is 0 Å². The Balaban J connectivity index is 2.17. The van der Waals surface area contributed by atoms with Crippen LogP contribution in [0.15, 0.2) is 48.5 Å². The van der Waals surface area contributed by atoms with Crippen LogP contribution >= 0.6 is 11.6 Å². The first kappa shape index (κ1) is 16.4. The van der Waals surface area contributed by atoms with E-state index in [-0.39, 0.29) is 22.1 Å². The van der Waals surface area contributed by atoms with Crippen molar-refractivity contribution in [2.75, 3.05) is 0 Å². The fraction of sp³-hybridized carbons (Fsp3) is 0. The quantitative estimate of drug-likeness (QED) is 0.388. The van der Waals surface area contributed by atoms with Gasteiger partial charge in [-0.15, -0.1) is 0 Å². The van der Waals surface area contributed by atoms with Crippen LogP contribution in [0.3, 0.4) is 0 Å². The Hall–Kier alpha value is -2.99. The van der Waals surface area contributed by atoms with Crippen LogP contribution in [-0.4, -0.2) is 21.8 Å². The number of benzene rings is 2. The molecule has 0 atom stereocenters. The fourth-order valence-corrected chi connectivity index (χ4v) is 2.05. The fourth-order valence-electron chi connectivity index (χ4n) is 1.80. The second-order valence-corrected chi connectivity index (χ2v) is 4.95. The summed E-state index contributed by atoms with van der Waals surface area (Å²) in [6.07, 6.45) is 2.72. The number of halogens is 1. The van der Waals surface area contributed by atoms with Crippen molar-refractivity contribution >= 4 is 35.1 Å². The number of carbonyl (C=O) groups excluding carboxylic acids is 1. The number of allylic oxidation sites excluding steroid dienone is 1. The highest BCUT2D eigenvalue weighted by Crippen LogP contribution is 2.20. The van der Waals surface area contributed by atoms with E-state index in [1.807, 2.05) is 0 Å². The summed E-state index contributed by atoms with van der Waals surface area (Å²) in [5, 5.41) is 19.6. The van der Waals surface area contributed by atoms with Gasteiger partial charge in [0, 0.05) is 22.7 Å². The molecule has 0 amide bonds. The van der Waals surface area contributed by atoms with Gasteiger partial charge < -0.3 is 5.11 Å². The number of carboxylic acid groups (broad SMARTS) is 1. The van der Waals surface area contributed by atoms with Gasteiger partial charge in [0.15, 0.2) is 5.78 Å². The number of ketones is 1. The molecule has 0 spiro atoms. The Morgan fingerprint density at radius 3 is 2.22 bits per heavy atom. The Bertz CT molecular complexity index is 812. The van der Waals surface area contributed by atoms with Gasteiger partial charge in [0.2, 0.25) is 0 Å². The number of aromatic carboxylic acids is 1. The third-order valence-electron chi connectivity index (χ3n) is 3.02. The van der Waals surface area contributed by atoms with Crippen molar-refractivity contribution in [2.24, 2.45) is 0 Å². The van der Waals surface area contributed by atoms with E-state index in [1.54, 1.807) is 0 Å². The highest BCUT2D eigenvalue weighted by atomic mass is 35.5. The first-order valence-electron chi connectivity index (χ1n) is 6.38. The van der Waals surface area contributed by atoms with Crippen molar-refractivity contribution in [3.8, 4) is 0 Å². The van der Waals surface area contributed by atoms with E-state index in [2.05, 4.69) is 0 Å². The van der Waals surface area contributed by atoms with Crippen LogP contribution < -0.4 is 0 Å². The van der Waals surface area contributed by atoms with Crippen molar-refractivity contribution in [1.82, 2.24) is 0 Å². The average molecular weight is 332 g/mol. The zero-order chi connectivity index (χ0) is 17.0. The Morgan fingerprint density at radius 1 is 1.09 bits per heavy atom. The van der Waals surface area contributed by atoms with E-state index in [9.17, 15) is 19.7 Å². The molecule has 0 heterocycles. The Labute approximate surface area is 135 Å². The predicted molar refractivity (Wildman–Crippen MR) is 84.9 cm³/mol. The monoisotopic (exact) mass is 331 g/mol. The van der Waals surface area contributed by atoms with Crippen LogP contribution in [0.25, 0.3) is 6.08 Å². The molecular weight excluding hydrogens is 322 g/mol. The van der Waals surface area contributed by atoms with E-state index in [4.69, 9.17) is 16.7 Å². The molecule has 0 radical (unpaired) electrons. The lowest BCUT2D eigenvalue weighted by Gasteiger charge is -2.00. The summed E-state index contributed by atoms with van der Waals surface area (Å²) >= 11 is 5.96. The maximum Gasteiger partial charge on any atom is 0.335 e. The van der Waals surface area contributed by atoms with Crippen molar-refractivity contribution < 1.29 is 19.6 Å². The standard InChI is InChI=1S/C16H10ClNO5/c17-14-9-12(16(20)21)2-1-10(14)5-8-15(19)11-3-6-13(7-4-11)18(22)23/h1-9H,(H,20,21)/b8-5+. The highest BCUT2D eigenvalue weighted by Gasteiger charge is 2.08. The molecule has 2 rings (SSSR count). The van der Waals surface area contributed by atoms with Gasteiger partial charge in [-0.2, -0.15) is 0 Å². The molecule has 1 N–H and O–H groups in total. The zero-order valence-corrected chi connectivity index (χ0v) is 12.4. The zero-order valence-electron chi connectivity index (χ0n) is 11.6. The summed E-state index contributed by atoms with van der Waals surface area (Å²) in [6, 6.07) is 9.38. The van der Waals surface area contributed by atoms with Crippen molar-refractivity contribution in [3.05, 3.63) is 80.4 Å². The molecule has 0 saturated heterocycles. The lowest BCUT2D eigenvalue weighted by molar-refractivity contribution is -0.384. The summed E-state index contributed by atoms with van der Waals surface area (Å²) in [5.74, 6) is -1.44. The van der Waals surface area contributed by atoms with Gasteiger partial charge in [-0.3, -0.25) is 14.9 Å². The normalized spacial score (nSPS) is 10.7. The number of hydrogen-bond acceptors (Lipinski definition) is 4. The molecular formula is C16H10ClNO5. The smallest absolute Gasteiger partial charge is 0.335 e. The summed E-state index contributed by atoms with van der Waals surface area (Å²) in [5.41, 5.74) is 0.740. The highest BCUT2D eigenvalue weighted by molar-refractivity contribution is 6.32. The average Bonchev–Trinajstić information content (AvgIpc) is 2.53. The number of nitro benzene ring substituents is 1. The van der Waals surface area contributed by atoms with Gasteiger partial charge in [-0.25, -0.2) is 4.79 Å². The maximum absolute atomic E-state index is 12.0. The second-order valence-electron chi connectivity index (χ2n) is 4.54. The lowest BCUT2D eigenvalue weighted by atomic mass is 10.1. The number of nitro groups is 1. The molecule has 23 heavy (non-hydrogen) atoms. The topological polar surface area (TPSA) is 97.5 Å². The molecule has 0 aliphatic heterocycles. The van der Waals surface area contributed by atoms with E-state index < -0.39 is 10.9 Å².